The molecule has 0 radical (unpaired) electrons. The molecule has 0 aliphatic carbocycles. The fourth-order valence-electron chi connectivity index (χ4n) is 2.25. The zero-order valence-electron chi connectivity index (χ0n) is 15.0. The van der Waals surface area contributed by atoms with Gasteiger partial charge in [-0.2, -0.15) is 0 Å². The number of non-ortho nitro benzene ring substituents is 1. The smallest absolute Gasteiger partial charge is 0.270 e. The number of sulfonamides is 1. The van der Waals surface area contributed by atoms with Crippen LogP contribution in [0.2, 0.25) is 0 Å². The van der Waals surface area contributed by atoms with E-state index < -0.39 is 20.9 Å². The van der Waals surface area contributed by atoms with E-state index in [1.165, 1.54) is 31.4 Å². The van der Waals surface area contributed by atoms with Crippen molar-refractivity contribution in [3.63, 3.8) is 0 Å². The maximum Gasteiger partial charge on any atom is 0.270 e. The minimum Gasteiger partial charge on any atom is -0.496 e. The minimum atomic E-state index is -3.92. The van der Waals surface area contributed by atoms with Crippen LogP contribution in [0, 0.1) is 10.1 Å². The molecule has 28 heavy (non-hydrogen) atoms. The molecule has 2 N–H and O–H groups in total. The third-order valence-corrected chi connectivity index (χ3v) is 5.07. The summed E-state index contributed by atoms with van der Waals surface area (Å²) in [6.07, 6.45) is 2.90. The number of nitro groups is 1. The quantitative estimate of drug-likeness (QED) is 0.283. The van der Waals surface area contributed by atoms with Crippen molar-refractivity contribution >= 4 is 27.7 Å². The number of benzene rings is 2. The number of hydrogen-bond acceptors (Lipinski definition) is 6. The van der Waals surface area contributed by atoms with E-state index in [0.717, 1.165) is 11.6 Å². The highest BCUT2D eigenvalue weighted by Gasteiger charge is 2.17. The SMILES string of the molecule is COc1ccccc1/C=C/C(=O)NCCNS(=O)(=O)c1cccc([N+](=O)[O-])c1. The molecule has 9 nitrogen and oxygen atoms in total. The van der Waals surface area contributed by atoms with Gasteiger partial charge in [0.2, 0.25) is 15.9 Å². The van der Waals surface area contributed by atoms with Gasteiger partial charge >= 0.3 is 0 Å². The van der Waals surface area contributed by atoms with Gasteiger partial charge in [-0.25, -0.2) is 13.1 Å². The van der Waals surface area contributed by atoms with Crippen molar-refractivity contribution in [3.8, 4) is 5.75 Å². The monoisotopic (exact) mass is 405 g/mol. The molecule has 0 fully saturated rings. The second-order valence-electron chi connectivity index (χ2n) is 5.52. The number of carbonyl (C=O) groups is 1. The Balaban J connectivity index is 1.86. The van der Waals surface area contributed by atoms with Crippen molar-refractivity contribution in [2.45, 2.75) is 4.90 Å². The molecule has 2 aromatic rings. The normalized spacial score (nSPS) is 11.3. The van der Waals surface area contributed by atoms with Crippen LogP contribution in [0.25, 0.3) is 6.08 Å². The lowest BCUT2D eigenvalue weighted by Gasteiger charge is -2.07. The molecule has 2 rings (SSSR count). The van der Waals surface area contributed by atoms with Gasteiger partial charge in [0.15, 0.2) is 0 Å². The lowest BCUT2D eigenvalue weighted by molar-refractivity contribution is -0.385. The largest absolute Gasteiger partial charge is 0.496 e. The molecule has 0 saturated carbocycles. The topological polar surface area (TPSA) is 128 Å². The lowest BCUT2D eigenvalue weighted by Crippen LogP contribution is -2.34. The molecule has 0 aliphatic rings. The fraction of sp³-hybridized carbons (Fsp3) is 0.167. The predicted molar refractivity (Wildman–Crippen MR) is 103 cm³/mol. The van der Waals surface area contributed by atoms with Gasteiger partial charge in [0.1, 0.15) is 5.75 Å². The van der Waals surface area contributed by atoms with E-state index in [2.05, 4.69) is 10.0 Å². The molecular formula is C18H19N3O6S. The molecule has 0 atom stereocenters. The molecule has 2 aromatic carbocycles. The summed E-state index contributed by atoms with van der Waals surface area (Å²) in [6.45, 7) is -0.0253. The van der Waals surface area contributed by atoms with E-state index in [1.54, 1.807) is 18.2 Å². The lowest BCUT2D eigenvalue weighted by atomic mass is 10.2. The Bertz CT molecular complexity index is 988. The molecule has 0 aliphatic heterocycles. The summed E-state index contributed by atoms with van der Waals surface area (Å²) in [4.78, 5) is 21.7. The van der Waals surface area contributed by atoms with Crippen molar-refractivity contribution in [1.82, 2.24) is 10.0 Å². The summed E-state index contributed by atoms with van der Waals surface area (Å²) in [7, 11) is -2.39. The summed E-state index contributed by atoms with van der Waals surface area (Å²) < 4.78 is 31.8. The van der Waals surface area contributed by atoms with Crippen molar-refractivity contribution in [2.75, 3.05) is 20.2 Å². The first-order valence-corrected chi connectivity index (χ1v) is 9.65. The minimum absolute atomic E-state index is 0.0449. The van der Waals surface area contributed by atoms with E-state index in [1.807, 2.05) is 12.1 Å². The number of hydrogen-bond donors (Lipinski definition) is 2. The van der Waals surface area contributed by atoms with Crippen molar-refractivity contribution in [2.24, 2.45) is 0 Å². The van der Waals surface area contributed by atoms with Crippen molar-refractivity contribution < 1.29 is 22.9 Å². The second-order valence-corrected chi connectivity index (χ2v) is 7.29. The molecule has 0 unspecified atom stereocenters. The van der Waals surface area contributed by atoms with Crippen LogP contribution in [0.15, 0.2) is 59.5 Å². The van der Waals surface area contributed by atoms with E-state index in [4.69, 9.17) is 4.74 Å². The maximum atomic E-state index is 12.2. The van der Waals surface area contributed by atoms with Crippen LogP contribution >= 0.6 is 0 Å². The summed E-state index contributed by atoms with van der Waals surface area (Å²) in [5, 5.41) is 13.3. The Kier molecular flexibility index (Phi) is 7.24. The first kappa shape index (κ1) is 21.1. The van der Waals surface area contributed by atoms with Crippen LogP contribution in [-0.4, -0.2) is 39.4 Å². The zero-order chi connectivity index (χ0) is 20.6. The number of carbonyl (C=O) groups excluding carboxylic acids is 1. The number of methoxy groups -OCH3 is 1. The Morgan fingerprint density at radius 2 is 1.93 bits per heavy atom. The van der Waals surface area contributed by atoms with E-state index in [9.17, 15) is 23.3 Å². The molecule has 0 aromatic heterocycles. The maximum absolute atomic E-state index is 12.2. The second kappa shape index (κ2) is 9.62. The standard InChI is InChI=1S/C18H19N3O6S/c1-27-17-8-3-2-5-14(17)9-10-18(22)19-11-12-20-28(25,26)16-7-4-6-15(13-16)21(23)24/h2-10,13,20H,11-12H2,1H3,(H,19,22)/b10-9+. The van der Waals surface area contributed by atoms with Crippen LogP contribution < -0.4 is 14.8 Å². The molecule has 10 heteroatoms. The number of para-hydroxylation sites is 1. The number of nitrogens with one attached hydrogen (secondary N) is 2. The number of nitrogens with zero attached hydrogens (tertiary/aromatic N) is 1. The van der Waals surface area contributed by atoms with Gasteiger partial charge in [0.05, 0.1) is 16.9 Å². The third-order valence-electron chi connectivity index (χ3n) is 3.61. The fourth-order valence-corrected chi connectivity index (χ4v) is 3.32. The Morgan fingerprint density at radius 3 is 2.64 bits per heavy atom. The Morgan fingerprint density at radius 1 is 1.18 bits per heavy atom. The van der Waals surface area contributed by atoms with Gasteiger partial charge in [0, 0.05) is 36.9 Å². The van der Waals surface area contributed by atoms with E-state index >= 15 is 0 Å². The molecule has 0 bridgehead atoms. The predicted octanol–water partition coefficient (Wildman–Crippen LogP) is 1.71. The summed E-state index contributed by atoms with van der Waals surface area (Å²) in [5.41, 5.74) is 0.407. The van der Waals surface area contributed by atoms with Crippen LogP contribution in [0.1, 0.15) is 5.56 Å². The third kappa shape index (κ3) is 5.89. The number of ether oxygens (including phenoxy) is 1. The number of rotatable bonds is 9. The number of amides is 1. The van der Waals surface area contributed by atoms with Crippen molar-refractivity contribution in [1.29, 1.82) is 0 Å². The van der Waals surface area contributed by atoms with Crippen LogP contribution in [-0.2, 0) is 14.8 Å². The molecule has 148 valence electrons. The average Bonchev–Trinajstić information content (AvgIpc) is 2.70. The van der Waals surface area contributed by atoms with Gasteiger partial charge in [-0.05, 0) is 18.2 Å². The number of nitro benzene ring substituents is 1. The van der Waals surface area contributed by atoms with Gasteiger partial charge < -0.3 is 10.1 Å². The summed E-state index contributed by atoms with van der Waals surface area (Å²) >= 11 is 0. The van der Waals surface area contributed by atoms with E-state index in [0.29, 0.717) is 5.75 Å². The first-order valence-electron chi connectivity index (χ1n) is 8.16. The van der Waals surface area contributed by atoms with Gasteiger partial charge in [0.25, 0.3) is 5.69 Å². The van der Waals surface area contributed by atoms with E-state index in [-0.39, 0.29) is 23.7 Å². The summed E-state index contributed by atoms with van der Waals surface area (Å²) in [5.74, 6) is 0.219. The van der Waals surface area contributed by atoms with Crippen LogP contribution in [0.5, 0.6) is 5.75 Å². The summed E-state index contributed by atoms with van der Waals surface area (Å²) in [6, 6.07) is 11.9. The molecule has 0 saturated heterocycles. The highest BCUT2D eigenvalue weighted by Crippen LogP contribution is 2.18. The van der Waals surface area contributed by atoms with Gasteiger partial charge in [-0.1, -0.05) is 24.3 Å². The average molecular weight is 405 g/mol. The molecule has 0 spiro atoms. The zero-order valence-corrected chi connectivity index (χ0v) is 15.8. The van der Waals surface area contributed by atoms with Crippen molar-refractivity contribution in [3.05, 3.63) is 70.3 Å². The van der Waals surface area contributed by atoms with Crippen LogP contribution in [0.3, 0.4) is 0 Å². The van der Waals surface area contributed by atoms with Crippen LogP contribution in [0.4, 0.5) is 5.69 Å². The first-order chi connectivity index (χ1) is 13.3. The highest BCUT2D eigenvalue weighted by molar-refractivity contribution is 7.89. The molecular weight excluding hydrogens is 386 g/mol. The molecule has 1 amide bonds. The van der Waals surface area contributed by atoms with Gasteiger partial charge in [-0.3, -0.25) is 14.9 Å². The molecule has 0 heterocycles. The highest BCUT2D eigenvalue weighted by atomic mass is 32.2. The Hall–Kier alpha value is -3.24. The Labute approximate surface area is 162 Å². The van der Waals surface area contributed by atoms with Gasteiger partial charge in [-0.15, -0.1) is 0 Å².